The average Bonchev–Trinajstić information content (AvgIpc) is 2.90. The van der Waals surface area contributed by atoms with Crippen LogP contribution in [0.25, 0.3) is 0 Å². The third-order valence-corrected chi connectivity index (χ3v) is 7.26. The van der Waals surface area contributed by atoms with Crippen molar-refractivity contribution in [3.63, 3.8) is 0 Å². The Labute approximate surface area is 128 Å². The maximum atomic E-state index is 2.48. The summed E-state index contributed by atoms with van der Waals surface area (Å²) < 4.78 is 0. The Morgan fingerprint density at radius 3 is 2.05 bits per heavy atom. The van der Waals surface area contributed by atoms with Gasteiger partial charge in [0.05, 0.1) is 0 Å². The first-order valence-corrected chi connectivity index (χ1v) is 9.46. The highest BCUT2D eigenvalue weighted by atomic mass is 14.7. The number of hydrogen-bond acceptors (Lipinski definition) is 0. The van der Waals surface area contributed by atoms with Crippen molar-refractivity contribution in [3.05, 3.63) is 0 Å². The highest BCUT2D eigenvalue weighted by molar-refractivity contribution is 5.17. The molecule has 0 spiro atoms. The molecule has 0 aromatic heterocycles. The molecule has 4 unspecified atom stereocenters. The lowest BCUT2D eigenvalue weighted by Gasteiger charge is -2.25. The Kier molecular flexibility index (Phi) is 5.24. The predicted octanol–water partition coefficient (Wildman–Crippen LogP) is 6.84. The molecule has 0 aromatic rings. The van der Waals surface area contributed by atoms with Crippen LogP contribution in [-0.2, 0) is 0 Å². The Morgan fingerprint density at radius 2 is 1.50 bits per heavy atom. The zero-order valence-corrected chi connectivity index (χ0v) is 14.8. The van der Waals surface area contributed by atoms with E-state index in [0.717, 1.165) is 28.6 Å². The van der Waals surface area contributed by atoms with Gasteiger partial charge < -0.3 is 0 Å². The monoisotopic (exact) mass is 278 g/mol. The van der Waals surface area contributed by atoms with Gasteiger partial charge in [0.2, 0.25) is 0 Å². The lowest BCUT2D eigenvalue weighted by molar-refractivity contribution is 0.258. The lowest BCUT2D eigenvalue weighted by atomic mass is 9.81. The fraction of sp³-hybridized carbons (Fsp3) is 1.00. The highest BCUT2D eigenvalue weighted by Crippen LogP contribution is 2.77. The SMILES string of the molecule is CCCCC12CCCC1(CCCC(C)C(C)C(C)C)C2. The molecule has 0 heteroatoms. The third-order valence-electron chi connectivity index (χ3n) is 7.26. The van der Waals surface area contributed by atoms with Gasteiger partial charge in [0.25, 0.3) is 0 Å². The zero-order chi connectivity index (χ0) is 14.8. The van der Waals surface area contributed by atoms with Crippen LogP contribution in [0.3, 0.4) is 0 Å². The van der Waals surface area contributed by atoms with E-state index in [1.807, 2.05) is 0 Å². The molecule has 0 aliphatic heterocycles. The molecule has 0 bridgehead atoms. The number of unbranched alkanes of at least 4 members (excludes halogenated alkanes) is 1. The van der Waals surface area contributed by atoms with E-state index >= 15 is 0 Å². The summed E-state index contributed by atoms with van der Waals surface area (Å²) in [6, 6.07) is 0. The number of rotatable bonds is 9. The first kappa shape index (κ1) is 16.4. The molecule has 0 nitrogen and oxygen atoms in total. The van der Waals surface area contributed by atoms with Crippen LogP contribution in [0.5, 0.6) is 0 Å². The second kappa shape index (κ2) is 6.41. The van der Waals surface area contributed by atoms with Crippen LogP contribution in [0.4, 0.5) is 0 Å². The first-order chi connectivity index (χ1) is 9.46. The Hall–Kier alpha value is 0. The van der Waals surface area contributed by atoms with E-state index in [0.29, 0.717) is 0 Å². The summed E-state index contributed by atoms with van der Waals surface area (Å²) in [5, 5.41) is 0. The van der Waals surface area contributed by atoms with Crippen molar-refractivity contribution in [1.82, 2.24) is 0 Å². The summed E-state index contributed by atoms with van der Waals surface area (Å²) >= 11 is 0. The van der Waals surface area contributed by atoms with E-state index in [1.54, 1.807) is 32.1 Å². The minimum atomic E-state index is 0.822. The highest BCUT2D eigenvalue weighted by Gasteiger charge is 2.67. The van der Waals surface area contributed by atoms with Crippen molar-refractivity contribution in [2.75, 3.05) is 0 Å². The summed E-state index contributed by atoms with van der Waals surface area (Å²) in [6.45, 7) is 12.0. The van der Waals surface area contributed by atoms with E-state index in [9.17, 15) is 0 Å². The topological polar surface area (TPSA) is 0 Å². The van der Waals surface area contributed by atoms with E-state index < -0.39 is 0 Å². The van der Waals surface area contributed by atoms with Gasteiger partial charge in [0.15, 0.2) is 0 Å². The molecular weight excluding hydrogens is 240 g/mol. The van der Waals surface area contributed by atoms with Gasteiger partial charge in [0.1, 0.15) is 0 Å². The molecule has 0 aromatic carbocycles. The molecule has 2 fully saturated rings. The van der Waals surface area contributed by atoms with Gasteiger partial charge in [0, 0.05) is 0 Å². The standard InChI is InChI=1S/C20H38/c1-6-7-11-19-13-9-14-20(19,15-19)12-8-10-17(4)18(5)16(2)3/h16-18H,6-15H2,1-5H3. The normalized spacial score (nSPS) is 35.1. The smallest absolute Gasteiger partial charge is 0.0235 e. The fourth-order valence-electron chi connectivity index (χ4n) is 5.23. The lowest BCUT2D eigenvalue weighted by Crippen LogP contribution is -2.15. The third kappa shape index (κ3) is 3.09. The molecule has 118 valence electrons. The van der Waals surface area contributed by atoms with E-state index in [2.05, 4.69) is 34.6 Å². The van der Waals surface area contributed by atoms with E-state index in [4.69, 9.17) is 0 Å². The van der Waals surface area contributed by atoms with Crippen LogP contribution in [0.15, 0.2) is 0 Å². The second-order valence-corrected chi connectivity index (χ2v) is 8.67. The molecular formula is C20H38. The average molecular weight is 279 g/mol. The van der Waals surface area contributed by atoms with E-state index in [-0.39, 0.29) is 0 Å². The van der Waals surface area contributed by atoms with Crippen molar-refractivity contribution in [1.29, 1.82) is 0 Å². The van der Waals surface area contributed by atoms with Gasteiger partial charge in [-0.3, -0.25) is 0 Å². The molecule has 4 atom stereocenters. The summed E-state index contributed by atoms with van der Waals surface area (Å²) in [4.78, 5) is 0. The van der Waals surface area contributed by atoms with Crippen molar-refractivity contribution < 1.29 is 0 Å². The van der Waals surface area contributed by atoms with Crippen molar-refractivity contribution in [2.24, 2.45) is 28.6 Å². The number of fused-ring (bicyclic) bond motifs is 1. The van der Waals surface area contributed by atoms with Crippen LogP contribution in [0, 0.1) is 28.6 Å². The second-order valence-electron chi connectivity index (χ2n) is 8.67. The maximum absolute atomic E-state index is 2.48. The van der Waals surface area contributed by atoms with Gasteiger partial charge in [-0.05, 0) is 60.7 Å². The van der Waals surface area contributed by atoms with E-state index in [1.165, 1.54) is 32.1 Å². The Morgan fingerprint density at radius 1 is 0.900 bits per heavy atom. The molecule has 0 heterocycles. The molecule has 0 amide bonds. The minimum absolute atomic E-state index is 0.822. The Bertz CT molecular complexity index is 305. The van der Waals surface area contributed by atoms with Gasteiger partial charge in [-0.15, -0.1) is 0 Å². The maximum Gasteiger partial charge on any atom is -0.0235 e. The Balaban J connectivity index is 1.75. The van der Waals surface area contributed by atoms with Crippen LogP contribution in [-0.4, -0.2) is 0 Å². The molecule has 2 aliphatic rings. The van der Waals surface area contributed by atoms with Gasteiger partial charge in [-0.25, -0.2) is 0 Å². The predicted molar refractivity (Wildman–Crippen MR) is 89.9 cm³/mol. The summed E-state index contributed by atoms with van der Waals surface area (Å²) in [6.07, 6.45) is 15.2. The molecule has 2 saturated carbocycles. The van der Waals surface area contributed by atoms with Crippen LogP contribution < -0.4 is 0 Å². The first-order valence-electron chi connectivity index (χ1n) is 9.46. The molecule has 2 rings (SSSR count). The summed E-state index contributed by atoms with van der Waals surface area (Å²) in [5.74, 6) is 2.65. The van der Waals surface area contributed by atoms with Gasteiger partial charge in [-0.1, -0.05) is 66.7 Å². The van der Waals surface area contributed by atoms with Gasteiger partial charge >= 0.3 is 0 Å². The van der Waals surface area contributed by atoms with Crippen LogP contribution in [0.2, 0.25) is 0 Å². The van der Waals surface area contributed by atoms with Crippen LogP contribution in [0.1, 0.15) is 98.8 Å². The van der Waals surface area contributed by atoms with Crippen molar-refractivity contribution in [2.45, 2.75) is 98.8 Å². The van der Waals surface area contributed by atoms with Crippen molar-refractivity contribution >= 4 is 0 Å². The molecule has 2 aliphatic carbocycles. The molecule has 20 heavy (non-hydrogen) atoms. The summed E-state index contributed by atoms with van der Waals surface area (Å²) in [5.41, 5.74) is 1.65. The molecule has 0 radical (unpaired) electrons. The zero-order valence-electron chi connectivity index (χ0n) is 14.8. The number of hydrogen-bond donors (Lipinski definition) is 0. The largest absolute Gasteiger partial charge is 0.0654 e. The fourth-order valence-corrected chi connectivity index (χ4v) is 5.23. The van der Waals surface area contributed by atoms with Gasteiger partial charge in [-0.2, -0.15) is 0 Å². The summed E-state index contributed by atoms with van der Waals surface area (Å²) in [7, 11) is 0. The van der Waals surface area contributed by atoms with Crippen LogP contribution >= 0.6 is 0 Å². The molecule has 0 N–H and O–H groups in total. The minimum Gasteiger partial charge on any atom is -0.0654 e. The quantitative estimate of drug-likeness (QED) is 0.433. The van der Waals surface area contributed by atoms with Crippen molar-refractivity contribution in [3.8, 4) is 0 Å². The molecule has 0 saturated heterocycles.